The number of carboxylic acid groups (broad SMARTS) is 1. The van der Waals surface area contributed by atoms with Crippen molar-refractivity contribution in [2.24, 2.45) is 11.3 Å². The SMILES string of the molecule is CC1=CCC(C(=O)N(c2cc(C#CC(C)(C)CO)sc2C(=O)O)C2CCC(O)(CO[C@H]3CCOC3)CC2)CC1. The highest BCUT2D eigenvalue weighted by atomic mass is 32.1. The van der Waals surface area contributed by atoms with E-state index in [0.717, 1.165) is 30.6 Å². The molecule has 9 heteroatoms. The van der Waals surface area contributed by atoms with E-state index in [1.165, 1.54) is 5.57 Å². The highest BCUT2D eigenvalue weighted by molar-refractivity contribution is 7.15. The number of rotatable bonds is 8. The molecule has 2 heterocycles. The molecular weight excluding hydrogens is 518 g/mol. The molecule has 0 aromatic carbocycles. The number of aliphatic hydroxyl groups excluding tert-OH is 1. The van der Waals surface area contributed by atoms with Crippen molar-refractivity contribution in [2.75, 3.05) is 31.3 Å². The van der Waals surface area contributed by atoms with Gasteiger partial charge in [0.2, 0.25) is 5.91 Å². The average molecular weight is 560 g/mol. The molecule has 2 fully saturated rings. The molecule has 214 valence electrons. The number of allylic oxidation sites excluding steroid dienone is 2. The van der Waals surface area contributed by atoms with E-state index in [0.29, 0.717) is 55.9 Å². The summed E-state index contributed by atoms with van der Waals surface area (Å²) in [7, 11) is 0. The Morgan fingerprint density at radius 1 is 1.26 bits per heavy atom. The topological polar surface area (TPSA) is 117 Å². The lowest BCUT2D eigenvalue weighted by Crippen LogP contribution is -2.50. The number of aromatic carboxylic acids is 1. The number of thiophene rings is 1. The van der Waals surface area contributed by atoms with Gasteiger partial charge in [-0.1, -0.05) is 23.5 Å². The van der Waals surface area contributed by atoms with Crippen molar-refractivity contribution in [3.05, 3.63) is 27.5 Å². The van der Waals surface area contributed by atoms with E-state index in [1.54, 1.807) is 11.0 Å². The van der Waals surface area contributed by atoms with Gasteiger partial charge >= 0.3 is 5.97 Å². The van der Waals surface area contributed by atoms with Crippen molar-refractivity contribution in [2.45, 2.75) is 89.9 Å². The zero-order valence-corrected chi connectivity index (χ0v) is 24.0. The zero-order valence-electron chi connectivity index (χ0n) is 23.2. The molecule has 2 aliphatic carbocycles. The fraction of sp³-hybridized carbons (Fsp3) is 0.667. The third kappa shape index (κ3) is 7.50. The first-order valence-corrected chi connectivity index (χ1v) is 14.7. The van der Waals surface area contributed by atoms with Crippen molar-refractivity contribution >= 4 is 28.9 Å². The standard InChI is InChI=1S/C30H41NO7S/c1-20-4-6-21(7-5-20)27(33)31(22-8-13-30(36,14-9-22)19-38-23-11-15-37-17-23)25-16-24(39-26(25)28(34)35)10-12-29(2,3)18-32/h4,16,21-23,32,36H,5-9,11,13-15,17-19H2,1-3H3,(H,34,35)/t21?,22?,23-,30?/m0/s1. The minimum Gasteiger partial charge on any atom is -0.477 e. The van der Waals surface area contributed by atoms with Crippen molar-refractivity contribution in [1.29, 1.82) is 0 Å². The Kier molecular flexibility index (Phi) is 9.56. The Hall–Kier alpha value is -2.22. The van der Waals surface area contributed by atoms with Gasteiger partial charge in [-0.3, -0.25) is 4.79 Å². The first-order chi connectivity index (χ1) is 18.5. The van der Waals surface area contributed by atoms with E-state index in [9.17, 15) is 24.9 Å². The van der Waals surface area contributed by atoms with E-state index >= 15 is 0 Å². The Morgan fingerprint density at radius 2 is 2.00 bits per heavy atom. The second-order valence-corrected chi connectivity index (χ2v) is 13.0. The molecule has 0 bridgehead atoms. The molecule has 0 radical (unpaired) electrons. The van der Waals surface area contributed by atoms with Gasteiger partial charge in [0.25, 0.3) is 0 Å². The molecule has 3 N–H and O–H groups in total. The molecule has 1 aromatic heterocycles. The van der Waals surface area contributed by atoms with Crippen LogP contribution in [0.3, 0.4) is 0 Å². The first kappa shape index (κ1) is 29.8. The van der Waals surface area contributed by atoms with Crippen molar-refractivity contribution < 1.29 is 34.4 Å². The van der Waals surface area contributed by atoms with Gasteiger partial charge in [-0.15, -0.1) is 11.3 Å². The highest BCUT2D eigenvalue weighted by Gasteiger charge is 2.41. The predicted octanol–water partition coefficient (Wildman–Crippen LogP) is 4.37. The van der Waals surface area contributed by atoms with Crippen LogP contribution in [0.5, 0.6) is 0 Å². The summed E-state index contributed by atoms with van der Waals surface area (Å²) >= 11 is 1.06. The minimum absolute atomic E-state index is 0.00640. The van der Waals surface area contributed by atoms with Gasteiger partial charge in [0, 0.05) is 24.0 Å². The monoisotopic (exact) mass is 559 g/mol. The van der Waals surface area contributed by atoms with E-state index in [-0.39, 0.29) is 42.1 Å². The van der Waals surface area contributed by atoms with Crippen LogP contribution < -0.4 is 4.90 Å². The van der Waals surface area contributed by atoms with Gasteiger partial charge in [0.05, 0.1) is 42.1 Å². The third-order valence-electron chi connectivity index (χ3n) is 8.04. The van der Waals surface area contributed by atoms with Crippen LogP contribution in [0.15, 0.2) is 17.7 Å². The average Bonchev–Trinajstić information content (AvgIpc) is 3.59. The molecule has 3 aliphatic rings. The molecule has 39 heavy (non-hydrogen) atoms. The largest absolute Gasteiger partial charge is 0.477 e. The lowest BCUT2D eigenvalue weighted by molar-refractivity contribution is -0.124. The van der Waals surface area contributed by atoms with Crippen LogP contribution in [-0.2, 0) is 14.3 Å². The fourth-order valence-electron chi connectivity index (χ4n) is 5.39. The predicted molar refractivity (Wildman–Crippen MR) is 150 cm³/mol. The molecule has 1 amide bonds. The number of carbonyl (C=O) groups excluding carboxylic acids is 1. The Bertz CT molecular complexity index is 1130. The second-order valence-electron chi connectivity index (χ2n) is 11.9. The van der Waals surface area contributed by atoms with Crippen molar-refractivity contribution in [1.82, 2.24) is 0 Å². The Labute approximate surface area is 235 Å². The molecule has 1 aliphatic heterocycles. The quantitative estimate of drug-likeness (QED) is 0.320. The van der Waals surface area contributed by atoms with Crippen LogP contribution in [0.1, 0.15) is 86.7 Å². The number of hydrogen-bond acceptors (Lipinski definition) is 7. The summed E-state index contributed by atoms with van der Waals surface area (Å²) in [4.78, 5) is 28.7. The van der Waals surface area contributed by atoms with Crippen LogP contribution in [0.25, 0.3) is 0 Å². The highest BCUT2D eigenvalue weighted by Crippen LogP contribution is 2.40. The van der Waals surface area contributed by atoms with E-state index in [1.807, 2.05) is 13.8 Å². The number of ether oxygens (including phenoxy) is 2. The summed E-state index contributed by atoms with van der Waals surface area (Å²) in [5.74, 6) is 4.66. The number of anilines is 1. The number of carbonyl (C=O) groups is 2. The van der Waals surface area contributed by atoms with Gasteiger partial charge in [-0.05, 0) is 78.2 Å². The number of hydrogen-bond donors (Lipinski definition) is 3. The summed E-state index contributed by atoms with van der Waals surface area (Å²) in [5.41, 5.74) is 0.0435. The molecule has 1 saturated heterocycles. The molecule has 0 spiro atoms. The maximum absolute atomic E-state index is 14.1. The second kappa shape index (κ2) is 12.5. The van der Waals surface area contributed by atoms with E-state index < -0.39 is 17.0 Å². The Morgan fingerprint density at radius 3 is 2.59 bits per heavy atom. The van der Waals surface area contributed by atoms with Gasteiger partial charge in [0.15, 0.2) is 0 Å². The summed E-state index contributed by atoms with van der Waals surface area (Å²) in [5, 5.41) is 30.9. The maximum atomic E-state index is 14.1. The van der Waals surface area contributed by atoms with Crippen molar-refractivity contribution in [3.8, 4) is 11.8 Å². The normalized spacial score (nSPS) is 27.4. The summed E-state index contributed by atoms with van der Waals surface area (Å²) in [6.07, 6.45) is 7.16. The lowest BCUT2D eigenvalue weighted by Gasteiger charge is -2.42. The number of amides is 1. The molecular formula is C30H41NO7S. The van der Waals surface area contributed by atoms with Crippen LogP contribution in [0.2, 0.25) is 0 Å². The van der Waals surface area contributed by atoms with Crippen LogP contribution in [-0.4, -0.2) is 71.4 Å². The molecule has 1 unspecified atom stereocenters. The maximum Gasteiger partial charge on any atom is 0.348 e. The summed E-state index contributed by atoms with van der Waals surface area (Å²) in [6, 6.07) is 1.47. The Balaban J connectivity index is 1.60. The van der Waals surface area contributed by atoms with Gasteiger partial charge in [0.1, 0.15) is 4.88 Å². The summed E-state index contributed by atoms with van der Waals surface area (Å²) in [6.45, 7) is 7.03. The van der Waals surface area contributed by atoms with Gasteiger partial charge in [-0.2, -0.15) is 0 Å². The third-order valence-corrected chi connectivity index (χ3v) is 9.06. The summed E-state index contributed by atoms with van der Waals surface area (Å²) < 4.78 is 11.3. The molecule has 8 nitrogen and oxygen atoms in total. The minimum atomic E-state index is -1.10. The van der Waals surface area contributed by atoms with Crippen LogP contribution >= 0.6 is 11.3 Å². The number of nitrogens with zero attached hydrogens (tertiary/aromatic N) is 1. The zero-order chi connectivity index (χ0) is 28.2. The smallest absolute Gasteiger partial charge is 0.348 e. The lowest BCUT2D eigenvalue weighted by atomic mass is 9.81. The van der Waals surface area contributed by atoms with Crippen LogP contribution in [0.4, 0.5) is 5.69 Å². The van der Waals surface area contributed by atoms with Crippen LogP contribution in [0, 0.1) is 23.2 Å². The molecule has 4 rings (SSSR count). The van der Waals surface area contributed by atoms with Gasteiger partial charge < -0.3 is 29.7 Å². The van der Waals surface area contributed by atoms with E-state index in [4.69, 9.17) is 9.47 Å². The van der Waals surface area contributed by atoms with Gasteiger partial charge in [-0.25, -0.2) is 4.79 Å². The number of carboxylic acids is 1. The van der Waals surface area contributed by atoms with E-state index in [2.05, 4.69) is 24.8 Å². The van der Waals surface area contributed by atoms with Crippen molar-refractivity contribution in [3.63, 3.8) is 0 Å². The molecule has 1 saturated carbocycles. The first-order valence-electron chi connectivity index (χ1n) is 13.9. The number of aliphatic hydroxyl groups is 2. The molecule has 2 atom stereocenters. The fourth-order valence-corrected chi connectivity index (χ4v) is 6.23. The molecule has 1 aromatic rings.